The molecule has 0 aromatic rings. The molecule has 28 nitrogen and oxygen atoms in total. The number of ether oxygens (including phenoxy) is 4. The number of nitrogens with one attached hydrogen (secondary N) is 6. The van der Waals surface area contributed by atoms with Crippen LogP contribution >= 0.6 is 11.8 Å². The van der Waals surface area contributed by atoms with Gasteiger partial charge in [0.25, 0.3) is 0 Å². The van der Waals surface area contributed by atoms with E-state index in [4.69, 9.17) is 49.6 Å². The van der Waals surface area contributed by atoms with Gasteiger partial charge < -0.3 is 110 Å². The summed E-state index contributed by atoms with van der Waals surface area (Å²) in [6, 6.07) is 0.823. The molecule has 0 bridgehead atoms. The molecular weight excluding hydrogens is 1130 g/mol. The summed E-state index contributed by atoms with van der Waals surface area (Å²) in [5.41, 5.74) is 2.43. The van der Waals surface area contributed by atoms with E-state index in [1.807, 2.05) is 59.1 Å². The van der Waals surface area contributed by atoms with Gasteiger partial charge in [-0.2, -0.15) is 27.0 Å². The van der Waals surface area contributed by atoms with Crippen LogP contribution in [0.1, 0.15) is 25.7 Å². The number of nitrogens with zero attached hydrogens (tertiary/aromatic N) is 8. The third-order valence-electron chi connectivity index (χ3n) is 11.6. The fourth-order valence-electron chi connectivity index (χ4n) is 5.46. The van der Waals surface area contributed by atoms with E-state index in [-0.39, 0.29) is 51.2 Å². The summed E-state index contributed by atoms with van der Waals surface area (Å²) in [7, 11) is 30.4. The quantitative estimate of drug-likeness (QED) is 0.0374. The number of aliphatic hydroxyl groups is 6. The Hall–Kier alpha value is -1.32. The van der Waals surface area contributed by atoms with Gasteiger partial charge >= 0.3 is 0 Å². The number of hydroxylamine groups is 3. The highest BCUT2D eigenvalue weighted by molar-refractivity contribution is 7.99. The van der Waals surface area contributed by atoms with E-state index in [0.717, 1.165) is 78.6 Å². The number of aliphatic hydroxyl groups excluding tert-OH is 6. The monoisotopic (exact) mass is 1260 g/mol. The summed E-state index contributed by atoms with van der Waals surface area (Å²) >= 11 is 2.06. The molecule has 5 heterocycles. The highest BCUT2D eigenvalue weighted by atomic mass is 32.2. The average molecular weight is 1270 g/mol. The number of hydrogen-bond acceptors (Lipinski definition) is 29. The van der Waals surface area contributed by atoms with Gasteiger partial charge in [0, 0.05) is 164 Å². The molecule has 5 aliphatic heterocycles. The Balaban J connectivity index is -0.000000155. The first-order valence-corrected chi connectivity index (χ1v) is 31.9. The number of likely N-dealkylation sites (tertiary alicyclic amines) is 1. The van der Waals surface area contributed by atoms with Crippen molar-refractivity contribution in [2.75, 3.05) is 295 Å². The van der Waals surface area contributed by atoms with E-state index in [1.165, 1.54) is 37.4 Å². The van der Waals surface area contributed by atoms with E-state index in [1.54, 1.807) is 74.2 Å². The number of thioether (sulfide) groups is 1. The van der Waals surface area contributed by atoms with Crippen molar-refractivity contribution in [3.05, 3.63) is 0 Å². The van der Waals surface area contributed by atoms with E-state index in [0.29, 0.717) is 50.3 Å². The van der Waals surface area contributed by atoms with Crippen molar-refractivity contribution < 1.29 is 67.7 Å². The molecule has 4 saturated heterocycles. The normalized spacial score (nSPS) is 16.7. The van der Waals surface area contributed by atoms with Gasteiger partial charge in [-0.25, -0.2) is 13.9 Å². The van der Waals surface area contributed by atoms with Crippen LogP contribution in [0.2, 0.25) is 0 Å². The topological polar surface area (TPSA) is 327 Å². The molecule has 0 atom stereocenters. The van der Waals surface area contributed by atoms with Crippen molar-refractivity contribution in [1.29, 1.82) is 0 Å². The molecule has 12 N–H and O–H groups in total. The number of likely N-dealkylation sites (N-methyl/N-ethyl adjacent to an activating group) is 5. The standard InChI is InChI=1S/C7H17NO2.2C6H13NO.C5H11NO2S.C5H13NO2.C5H11NS.C4H7N3.C4H11NO2.C4H11NO.2C3H9NO.C2H7NO/c1-8(4-6-9-2)5-7-10-3;1-7-6-2-4-8-5-3-6;1-7-4-2-6(8)3-5-7;1-6-2-4-9(7,8)5-3-6;1-6(2-4-7)3-5-8;1-6-2-4-7-5-3-6;1-5-4-2-6-7-3-4;1-5-4(2-6)3-7;1-5-3-4-6-2;1-4(2)5-3;1-4-2-3-5;1-3-4-2/h4-7H2,1-3H3;6-7H,2-5H2,1H3;6,8H,2-5H2,1H3;2-5H2,1H3;7-8H,2-5H2,1H3;2-5H2,1H3;2-5H,1H3;4-7H,2-3H2,1H3;5H,3-4H2,1-2H3;1-3H3;4-5H,2-3H2,1H3;3H,1-2H3. The first-order chi connectivity index (χ1) is 40.1. The number of sulfone groups is 1. The minimum absolute atomic E-state index is 0.00694. The number of hydrogen-bond donors (Lipinski definition) is 12. The largest absolute Gasteiger partial charge is 0.395 e. The summed E-state index contributed by atoms with van der Waals surface area (Å²) in [5, 5.41) is 73.8. The first kappa shape index (κ1) is 96.3. The Bertz CT molecular complexity index is 1290. The molecule has 514 valence electrons. The second-order valence-electron chi connectivity index (χ2n) is 19.1. The summed E-state index contributed by atoms with van der Waals surface area (Å²) < 4.78 is 41.2. The summed E-state index contributed by atoms with van der Waals surface area (Å²) in [4.78, 5) is 19.6. The number of piperidine rings is 1. The Morgan fingerprint density at radius 3 is 1.26 bits per heavy atom. The summed E-state index contributed by atoms with van der Waals surface area (Å²) in [6.45, 7) is 15.7. The molecule has 0 aliphatic carbocycles. The molecule has 5 rings (SSSR count). The zero-order chi connectivity index (χ0) is 65.5. The molecule has 0 aromatic carbocycles. The highest BCUT2D eigenvalue weighted by Crippen LogP contribution is 2.07. The van der Waals surface area contributed by atoms with Gasteiger partial charge in [-0.15, -0.1) is 0 Å². The first-order valence-electron chi connectivity index (χ1n) is 28.9. The molecule has 0 aromatic heterocycles. The molecular formula is C54H132N14O14S2. The fourth-order valence-corrected chi connectivity index (χ4v) is 7.93. The minimum atomic E-state index is -2.66. The van der Waals surface area contributed by atoms with Crippen molar-refractivity contribution in [2.45, 2.75) is 49.9 Å². The Labute approximate surface area is 516 Å². The van der Waals surface area contributed by atoms with Crippen LogP contribution in [0.5, 0.6) is 0 Å². The SMILES string of the molecule is CN(CCO)CCO.CN1CCC(O)CC1.CN1CCS(=O)(=O)CC1.CN1CCSCC1.CNC(CO)CO.CNC1C=NN=C1.CNC1CCOCC1.CNCCO.CNCCOC.CNOC.COCCN(C)CCOC.CON(C)C. The predicted molar refractivity (Wildman–Crippen MR) is 350 cm³/mol. The zero-order valence-electron chi connectivity index (χ0n) is 56.0. The van der Waals surface area contributed by atoms with Crippen LogP contribution in [0.15, 0.2) is 10.2 Å². The Kier molecular flexibility index (Phi) is 91.4. The lowest BCUT2D eigenvalue weighted by molar-refractivity contribution is -0.0855. The van der Waals surface area contributed by atoms with Gasteiger partial charge in [0.1, 0.15) is 0 Å². The van der Waals surface area contributed by atoms with Gasteiger partial charge in [0.2, 0.25) is 0 Å². The van der Waals surface area contributed by atoms with Crippen molar-refractivity contribution in [3.8, 4) is 0 Å². The smallest absolute Gasteiger partial charge is 0.152 e. The molecule has 5 aliphatic rings. The molecule has 84 heavy (non-hydrogen) atoms. The Morgan fingerprint density at radius 1 is 0.619 bits per heavy atom. The molecule has 0 amide bonds. The van der Waals surface area contributed by atoms with Crippen LogP contribution in [0.4, 0.5) is 0 Å². The van der Waals surface area contributed by atoms with Crippen molar-refractivity contribution >= 4 is 34.0 Å². The molecule has 0 saturated carbocycles. The van der Waals surface area contributed by atoms with E-state index in [2.05, 4.69) is 99.5 Å². The fraction of sp³-hybridized carbons (Fsp3) is 0.963. The molecule has 0 unspecified atom stereocenters. The van der Waals surface area contributed by atoms with Crippen LogP contribution in [0.25, 0.3) is 0 Å². The molecule has 0 radical (unpaired) electrons. The Morgan fingerprint density at radius 2 is 1.04 bits per heavy atom. The minimum Gasteiger partial charge on any atom is -0.395 e. The van der Waals surface area contributed by atoms with Gasteiger partial charge in [0.05, 0.1) is 96.8 Å². The van der Waals surface area contributed by atoms with Crippen molar-refractivity contribution in [2.24, 2.45) is 10.2 Å². The second kappa shape index (κ2) is 79.7. The van der Waals surface area contributed by atoms with Crippen LogP contribution in [-0.2, 0) is 38.5 Å². The van der Waals surface area contributed by atoms with E-state index < -0.39 is 9.84 Å². The van der Waals surface area contributed by atoms with Gasteiger partial charge in [0.15, 0.2) is 9.84 Å². The predicted octanol–water partition coefficient (Wildman–Crippen LogP) is -3.29. The van der Waals surface area contributed by atoms with Gasteiger partial charge in [-0.05, 0) is 96.2 Å². The maximum absolute atomic E-state index is 10.8. The molecule has 30 heteroatoms. The lowest BCUT2D eigenvalue weighted by atomic mass is 10.1. The number of rotatable bonds is 22. The molecule has 4 fully saturated rings. The maximum atomic E-state index is 10.8. The van der Waals surface area contributed by atoms with E-state index in [9.17, 15) is 8.42 Å². The summed E-state index contributed by atoms with van der Waals surface area (Å²) in [6.07, 6.45) is 7.74. The molecule has 0 spiro atoms. The lowest BCUT2D eigenvalue weighted by Gasteiger charge is -2.25. The third kappa shape index (κ3) is 89.4. The van der Waals surface area contributed by atoms with Crippen molar-refractivity contribution in [3.63, 3.8) is 0 Å². The van der Waals surface area contributed by atoms with E-state index >= 15 is 0 Å². The number of methoxy groups -OCH3 is 3. The van der Waals surface area contributed by atoms with Gasteiger partial charge in [-0.3, -0.25) is 0 Å². The van der Waals surface area contributed by atoms with Gasteiger partial charge in [-0.1, -0.05) is 0 Å². The maximum Gasteiger partial charge on any atom is 0.152 e. The van der Waals surface area contributed by atoms with Crippen LogP contribution in [0.3, 0.4) is 0 Å². The zero-order valence-corrected chi connectivity index (χ0v) is 57.7. The highest BCUT2D eigenvalue weighted by Gasteiger charge is 2.18. The van der Waals surface area contributed by atoms with Crippen LogP contribution in [-0.4, -0.2) is 400 Å². The lowest BCUT2D eigenvalue weighted by Crippen LogP contribution is -2.37. The van der Waals surface area contributed by atoms with Crippen molar-refractivity contribution in [1.82, 2.24) is 61.6 Å². The van der Waals surface area contributed by atoms with Crippen LogP contribution in [0, 0.1) is 0 Å². The van der Waals surface area contributed by atoms with Crippen LogP contribution < -0.4 is 32.1 Å². The summed E-state index contributed by atoms with van der Waals surface area (Å²) in [5.74, 6) is 3.33. The second-order valence-corrected chi connectivity index (χ2v) is 22.7. The average Bonchev–Trinajstić information content (AvgIpc) is 4.10. The third-order valence-corrected chi connectivity index (χ3v) is 14.2.